The highest BCUT2D eigenvalue weighted by atomic mass is 16.1. The first-order valence-corrected chi connectivity index (χ1v) is 5.23. The van der Waals surface area contributed by atoms with Crippen molar-refractivity contribution >= 4 is 17.7 Å². The number of aromatic nitrogens is 2. The lowest BCUT2D eigenvalue weighted by molar-refractivity contribution is 0.0981. The summed E-state index contributed by atoms with van der Waals surface area (Å²) in [5.74, 6) is -0.0734. The smallest absolute Gasteiger partial charge is 0.256 e. The molecule has 2 aromatic rings. The molecule has 0 aliphatic carbocycles. The molecule has 1 N–H and O–H groups in total. The Bertz CT molecular complexity index is 605. The van der Waals surface area contributed by atoms with Crippen molar-refractivity contribution in [3.63, 3.8) is 0 Å². The van der Waals surface area contributed by atoms with Gasteiger partial charge in [-0.2, -0.15) is 0 Å². The van der Waals surface area contributed by atoms with Gasteiger partial charge in [-0.25, -0.2) is 0 Å². The Balaban J connectivity index is 2.08. The van der Waals surface area contributed by atoms with E-state index in [0.717, 1.165) is 17.0 Å². The van der Waals surface area contributed by atoms with Crippen LogP contribution < -0.4 is 5.32 Å². The number of hydrogen-bond acceptors (Lipinski definition) is 3. The van der Waals surface area contributed by atoms with E-state index < -0.39 is 0 Å². The van der Waals surface area contributed by atoms with Gasteiger partial charge in [-0.15, -0.1) is 0 Å². The Morgan fingerprint density at radius 3 is 2.71 bits per heavy atom. The summed E-state index contributed by atoms with van der Waals surface area (Å²) in [6.07, 6.45) is 6.70. The molecule has 0 fully saturated rings. The van der Waals surface area contributed by atoms with Crippen molar-refractivity contribution in [1.29, 1.82) is 0 Å². The Morgan fingerprint density at radius 2 is 1.94 bits per heavy atom. The summed E-state index contributed by atoms with van der Waals surface area (Å²) in [5, 5.41) is 2.82. The first-order valence-electron chi connectivity index (χ1n) is 5.23. The van der Waals surface area contributed by atoms with Crippen LogP contribution in [-0.4, -0.2) is 15.9 Å². The molecule has 1 aromatic carbocycles. The van der Waals surface area contributed by atoms with Crippen molar-refractivity contribution < 1.29 is 4.79 Å². The molecule has 2 heterocycles. The van der Waals surface area contributed by atoms with E-state index in [0.29, 0.717) is 5.56 Å². The number of benzene rings is 1. The van der Waals surface area contributed by atoms with E-state index in [1.54, 1.807) is 18.6 Å². The van der Waals surface area contributed by atoms with E-state index in [-0.39, 0.29) is 5.91 Å². The van der Waals surface area contributed by atoms with Gasteiger partial charge >= 0.3 is 0 Å². The number of nitrogens with one attached hydrogen (secondary N) is 1. The minimum atomic E-state index is -0.0734. The molecule has 1 aliphatic heterocycles. The Hall–Kier alpha value is -2.49. The Morgan fingerprint density at radius 1 is 1.12 bits per heavy atom. The summed E-state index contributed by atoms with van der Waals surface area (Å²) in [7, 11) is 0. The third-order valence-corrected chi connectivity index (χ3v) is 2.59. The third kappa shape index (κ3) is 1.69. The van der Waals surface area contributed by atoms with Crippen LogP contribution in [0, 0.1) is 0 Å². The summed E-state index contributed by atoms with van der Waals surface area (Å²) in [5.41, 5.74) is 3.09. The lowest BCUT2D eigenvalue weighted by atomic mass is 10.1. The largest absolute Gasteiger partial charge is 0.321 e. The van der Waals surface area contributed by atoms with Gasteiger partial charge in [-0.1, -0.05) is 18.2 Å². The van der Waals surface area contributed by atoms with Crippen LogP contribution in [0.4, 0.5) is 0 Å². The summed E-state index contributed by atoms with van der Waals surface area (Å²) >= 11 is 0. The first-order chi connectivity index (χ1) is 8.34. The predicted octanol–water partition coefficient (Wildman–Crippen LogP) is 1.72. The zero-order valence-electron chi connectivity index (χ0n) is 8.92. The average Bonchev–Trinajstić information content (AvgIpc) is 2.69. The van der Waals surface area contributed by atoms with Crippen molar-refractivity contribution in [2.24, 2.45) is 0 Å². The summed E-state index contributed by atoms with van der Waals surface area (Å²) in [6.45, 7) is 0. The molecule has 0 atom stereocenters. The predicted molar refractivity (Wildman–Crippen MR) is 63.8 cm³/mol. The molecule has 0 spiro atoms. The molecular formula is C13H9N3O. The van der Waals surface area contributed by atoms with E-state index in [1.807, 2.05) is 30.3 Å². The molecule has 17 heavy (non-hydrogen) atoms. The minimum absolute atomic E-state index is 0.0734. The molecular weight excluding hydrogens is 214 g/mol. The standard InChI is InChI=1S/C13H9N3O/c17-13-11-4-2-1-3-10(11)12(16-13)7-9-8-14-5-6-15-9/h1-8H,(H,16,17)/b12-7-. The monoisotopic (exact) mass is 223 g/mol. The zero-order valence-corrected chi connectivity index (χ0v) is 8.92. The lowest BCUT2D eigenvalue weighted by Gasteiger charge is -1.98. The second-order valence-electron chi connectivity index (χ2n) is 3.69. The average molecular weight is 223 g/mol. The van der Waals surface area contributed by atoms with Gasteiger partial charge in [0.05, 0.1) is 17.6 Å². The summed E-state index contributed by atoms with van der Waals surface area (Å²) in [6, 6.07) is 7.48. The molecule has 0 unspecified atom stereocenters. The van der Waals surface area contributed by atoms with Crippen molar-refractivity contribution in [3.8, 4) is 0 Å². The molecule has 1 amide bonds. The molecule has 82 valence electrons. The van der Waals surface area contributed by atoms with Crippen LogP contribution in [0.5, 0.6) is 0 Å². The maximum Gasteiger partial charge on any atom is 0.256 e. The number of fused-ring (bicyclic) bond motifs is 1. The molecule has 1 aliphatic rings. The number of carbonyl (C=O) groups is 1. The van der Waals surface area contributed by atoms with E-state index in [4.69, 9.17) is 0 Å². The number of rotatable bonds is 1. The number of carbonyl (C=O) groups excluding carboxylic acids is 1. The van der Waals surface area contributed by atoms with Gasteiger partial charge in [-0.3, -0.25) is 14.8 Å². The Kier molecular flexibility index (Phi) is 2.19. The topological polar surface area (TPSA) is 54.9 Å². The van der Waals surface area contributed by atoms with Crippen LogP contribution in [-0.2, 0) is 0 Å². The fraction of sp³-hybridized carbons (Fsp3) is 0. The second kappa shape index (κ2) is 3.83. The number of nitrogens with zero attached hydrogens (tertiary/aromatic N) is 2. The fourth-order valence-electron chi connectivity index (χ4n) is 1.82. The third-order valence-electron chi connectivity index (χ3n) is 2.59. The molecule has 0 saturated carbocycles. The van der Waals surface area contributed by atoms with E-state index >= 15 is 0 Å². The Labute approximate surface area is 98.0 Å². The molecule has 0 bridgehead atoms. The van der Waals surface area contributed by atoms with Gasteiger partial charge in [-0.05, 0) is 12.1 Å². The van der Waals surface area contributed by atoms with Crippen LogP contribution in [0.3, 0.4) is 0 Å². The van der Waals surface area contributed by atoms with Crippen LogP contribution in [0.15, 0.2) is 42.9 Å². The normalized spacial score (nSPS) is 15.8. The molecule has 4 heteroatoms. The van der Waals surface area contributed by atoms with Crippen molar-refractivity contribution in [2.75, 3.05) is 0 Å². The lowest BCUT2D eigenvalue weighted by Crippen LogP contribution is -2.11. The summed E-state index contributed by atoms with van der Waals surface area (Å²) in [4.78, 5) is 19.8. The van der Waals surface area contributed by atoms with Gasteiger partial charge in [0.25, 0.3) is 5.91 Å². The highest BCUT2D eigenvalue weighted by Gasteiger charge is 2.22. The van der Waals surface area contributed by atoms with Crippen molar-refractivity contribution in [3.05, 3.63) is 59.7 Å². The second-order valence-corrected chi connectivity index (χ2v) is 3.69. The quantitative estimate of drug-likeness (QED) is 0.800. The minimum Gasteiger partial charge on any atom is -0.321 e. The van der Waals surface area contributed by atoms with Crippen LogP contribution in [0.2, 0.25) is 0 Å². The molecule has 0 radical (unpaired) electrons. The molecule has 1 aromatic heterocycles. The van der Waals surface area contributed by atoms with Crippen LogP contribution in [0.25, 0.3) is 11.8 Å². The maximum absolute atomic E-state index is 11.7. The molecule has 0 saturated heterocycles. The maximum atomic E-state index is 11.7. The molecule has 4 nitrogen and oxygen atoms in total. The first kappa shape index (κ1) is 9.72. The van der Waals surface area contributed by atoms with E-state index in [2.05, 4.69) is 15.3 Å². The van der Waals surface area contributed by atoms with Gasteiger partial charge in [0.15, 0.2) is 0 Å². The number of hydrogen-bond donors (Lipinski definition) is 1. The van der Waals surface area contributed by atoms with E-state index in [9.17, 15) is 4.79 Å². The van der Waals surface area contributed by atoms with Gasteiger partial charge in [0.2, 0.25) is 0 Å². The summed E-state index contributed by atoms with van der Waals surface area (Å²) < 4.78 is 0. The SMILES string of the molecule is O=C1N/C(=C\c2cnccn2)c2ccccc21. The highest BCUT2D eigenvalue weighted by molar-refractivity contribution is 6.11. The van der Waals surface area contributed by atoms with E-state index in [1.165, 1.54) is 0 Å². The fourth-order valence-corrected chi connectivity index (χ4v) is 1.82. The number of amides is 1. The van der Waals surface area contributed by atoms with Gasteiger partial charge in [0.1, 0.15) is 0 Å². The zero-order chi connectivity index (χ0) is 11.7. The van der Waals surface area contributed by atoms with Crippen molar-refractivity contribution in [2.45, 2.75) is 0 Å². The van der Waals surface area contributed by atoms with Gasteiger partial charge in [0, 0.05) is 23.5 Å². The van der Waals surface area contributed by atoms with Crippen molar-refractivity contribution in [1.82, 2.24) is 15.3 Å². The highest BCUT2D eigenvalue weighted by Crippen LogP contribution is 2.25. The van der Waals surface area contributed by atoms with Crippen LogP contribution in [0.1, 0.15) is 21.6 Å². The van der Waals surface area contributed by atoms with Gasteiger partial charge < -0.3 is 5.32 Å². The van der Waals surface area contributed by atoms with Crippen LogP contribution >= 0.6 is 0 Å². The molecule has 3 rings (SSSR count).